The van der Waals surface area contributed by atoms with Crippen molar-refractivity contribution in [1.82, 2.24) is 4.98 Å². The van der Waals surface area contributed by atoms with Crippen LogP contribution in [-0.4, -0.2) is 31.0 Å². The quantitative estimate of drug-likeness (QED) is 0.656. The summed E-state index contributed by atoms with van der Waals surface area (Å²) in [6.45, 7) is 0. The number of halogens is 1. The Morgan fingerprint density at radius 1 is 1.28 bits per heavy atom. The van der Waals surface area contributed by atoms with E-state index in [4.69, 9.17) is 17.3 Å². The second kappa shape index (κ2) is 7.17. The van der Waals surface area contributed by atoms with Gasteiger partial charge < -0.3 is 20.9 Å². The zero-order chi connectivity index (χ0) is 18.0. The summed E-state index contributed by atoms with van der Waals surface area (Å²) in [5.74, 6) is -0.237. The molecule has 0 saturated carbocycles. The van der Waals surface area contributed by atoms with Crippen LogP contribution in [0.3, 0.4) is 0 Å². The summed E-state index contributed by atoms with van der Waals surface area (Å²) < 4.78 is 0. The number of nitrogens with zero attached hydrogens (tertiary/aromatic N) is 1. The van der Waals surface area contributed by atoms with E-state index in [0.717, 1.165) is 22.2 Å². The van der Waals surface area contributed by atoms with Gasteiger partial charge in [0.2, 0.25) is 5.91 Å². The number of hydrogen-bond acceptors (Lipinski definition) is 3. The van der Waals surface area contributed by atoms with Crippen LogP contribution in [0, 0.1) is 0 Å². The van der Waals surface area contributed by atoms with Gasteiger partial charge in [-0.2, -0.15) is 0 Å². The number of hydrogen-bond donors (Lipinski definition) is 3. The maximum Gasteiger partial charge on any atom is 0.241 e. The highest BCUT2D eigenvalue weighted by atomic mass is 35.5. The summed E-state index contributed by atoms with van der Waals surface area (Å²) in [7, 11) is 3.83. The molecule has 0 aliphatic carbocycles. The summed E-state index contributed by atoms with van der Waals surface area (Å²) in [6.07, 6.45) is 2.36. The fourth-order valence-corrected chi connectivity index (χ4v) is 3.16. The minimum atomic E-state index is -0.647. The first kappa shape index (κ1) is 17.3. The Balaban J connectivity index is 1.69. The zero-order valence-electron chi connectivity index (χ0n) is 14.2. The van der Waals surface area contributed by atoms with Crippen LogP contribution >= 0.6 is 11.6 Å². The smallest absolute Gasteiger partial charge is 0.241 e. The lowest BCUT2D eigenvalue weighted by Gasteiger charge is -2.16. The van der Waals surface area contributed by atoms with Crippen LogP contribution in [0.2, 0.25) is 5.02 Å². The Morgan fingerprint density at radius 2 is 2.04 bits per heavy atom. The van der Waals surface area contributed by atoms with Crippen molar-refractivity contribution in [3.63, 3.8) is 0 Å². The van der Waals surface area contributed by atoms with Gasteiger partial charge in [-0.15, -0.1) is 0 Å². The summed E-state index contributed by atoms with van der Waals surface area (Å²) in [5.41, 5.74) is 9.69. The van der Waals surface area contributed by atoms with E-state index in [0.29, 0.717) is 17.1 Å². The normalized spacial score (nSPS) is 12.2. The van der Waals surface area contributed by atoms with Crippen molar-refractivity contribution in [1.29, 1.82) is 0 Å². The van der Waals surface area contributed by atoms with Crippen molar-refractivity contribution in [2.45, 2.75) is 12.5 Å². The molecule has 3 aromatic rings. The Kier molecular flexibility index (Phi) is 4.97. The number of nitrogens with two attached hydrogens (primary N) is 1. The average molecular weight is 357 g/mol. The predicted octanol–water partition coefficient (Wildman–Crippen LogP) is 3.40. The molecule has 1 heterocycles. The van der Waals surface area contributed by atoms with Gasteiger partial charge in [-0.3, -0.25) is 4.79 Å². The van der Waals surface area contributed by atoms with E-state index in [9.17, 15) is 4.79 Å². The van der Waals surface area contributed by atoms with E-state index < -0.39 is 6.04 Å². The lowest BCUT2D eigenvalue weighted by Crippen LogP contribution is -2.37. The van der Waals surface area contributed by atoms with Gasteiger partial charge in [-0.1, -0.05) is 29.8 Å². The van der Waals surface area contributed by atoms with Crippen molar-refractivity contribution in [3.05, 3.63) is 59.2 Å². The van der Waals surface area contributed by atoms with Crippen molar-refractivity contribution in [2.75, 3.05) is 24.3 Å². The summed E-state index contributed by atoms with van der Waals surface area (Å²) in [4.78, 5) is 17.5. The highest BCUT2D eigenvalue weighted by Gasteiger charge is 2.17. The van der Waals surface area contributed by atoms with E-state index in [1.165, 1.54) is 0 Å². The molecule has 0 aliphatic rings. The number of aromatic nitrogens is 1. The largest absolute Gasteiger partial charge is 0.376 e. The third-order valence-electron chi connectivity index (χ3n) is 4.15. The molecule has 0 saturated heterocycles. The molecule has 0 bridgehead atoms. The topological polar surface area (TPSA) is 74.2 Å². The molecule has 6 heteroatoms. The molecule has 1 aromatic heterocycles. The third kappa shape index (κ3) is 3.78. The number of carbonyl (C=O) groups excluding carboxylic acids is 1. The molecule has 4 N–H and O–H groups in total. The van der Waals surface area contributed by atoms with E-state index in [-0.39, 0.29) is 5.91 Å². The van der Waals surface area contributed by atoms with E-state index in [1.54, 1.807) is 6.07 Å². The second-order valence-electron chi connectivity index (χ2n) is 6.22. The number of rotatable bonds is 5. The van der Waals surface area contributed by atoms with Crippen LogP contribution in [-0.2, 0) is 11.2 Å². The Hall–Kier alpha value is -2.50. The van der Waals surface area contributed by atoms with Crippen molar-refractivity contribution >= 4 is 39.8 Å². The van der Waals surface area contributed by atoms with Crippen LogP contribution in [0.5, 0.6) is 0 Å². The summed E-state index contributed by atoms with van der Waals surface area (Å²) in [5, 5.41) is 4.50. The monoisotopic (exact) mass is 356 g/mol. The number of amides is 1. The highest BCUT2D eigenvalue weighted by Crippen LogP contribution is 2.27. The predicted molar refractivity (Wildman–Crippen MR) is 104 cm³/mol. The van der Waals surface area contributed by atoms with Gasteiger partial charge >= 0.3 is 0 Å². The van der Waals surface area contributed by atoms with Crippen molar-refractivity contribution < 1.29 is 4.79 Å². The molecule has 0 fully saturated rings. The van der Waals surface area contributed by atoms with E-state index >= 15 is 0 Å². The van der Waals surface area contributed by atoms with Crippen LogP contribution in [0.25, 0.3) is 10.9 Å². The average Bonchev–Trinajstić information content (AvgIpc) is 2.97. The number of benzene rings is 2. The van der Waals surface area contributed by atoms with E-state index in [2.05, 4.69) is 10.3 Å². The summed E-state index contributed by atoms with van der Waals surface area (Å²) >= 11 is 6.24. The van der Waals surface area contributed by atoms with E-state index in [1.807, 2.05) is 61.6 Å². The van der Waals surface area contributed by atoms with Crippen molar-refractivity contribution in [2.24, 2.45) is 5.73 Å². The molecule has 1 atom stereocenters. The molecular weight excluding hydrogens is 336 g/mol. The number of nitrogens with one attached hydrogen (secondary N) is 2. The molecule has 5 nitrogen and oxygen atoms in total. The van der Waals surface area contributed by atoms with Crippen LogP contribution in [0.1, 0.15) is 5.56 Å². The fraction of sp³-hybridized carbons (Fsp3) is 0.211. The first-order valence-electron chi connectivity index (χ1n) is 8.04. The van der Waals surface area contributed by atoms with Gasteiger partial charge in [0, 0.05) is 36.9 Å². The molecule has 0 spiro atoms. The zero-order valence-corrected chi connectivity index (χ0v) is 15.0. The number of carbonyl (C=O) groups is 1. The molecule has 3 rings (SSSR count). The first-order valence-corrected chi connectivity index (χ1v) is 8.42. The van der Waals surface area contributed by atoms with Gasteiger partial charge in [0.1, 0.15) is 0 Å². The van der Waals surface area contributed by atoms with Gasteiger partial charge in [0.25, 0.3) is 0 Å². The number of anilines is 2. The van der Waals surface area contributed by atoms with Gasteiger partial charge in [0.05, 0.1) is 16.8 Å². The second-order valence-corrected chi connectivity index (χ2v) is 6.63. The minimum Gasteiger partial charge on any atom is -0.376 e. The van der Waals surface area contributed by atoms with Gasteiger partial charge in [-0.05, 0) is 36.2 Å². The molecule has 2 aromatic carbocycles. The van der Waals surface area contributed by atoms with Gasteiger partial charge in [-0.25, -0.2) is 0 Å². The standard InChI is InChI=1S/C19H21ClN4O/c1-24(2)18-8-7-13(10-15(18)20)23-19(25)16(21)9-12-11-22-17-6-4-3-5-14(12)17/h3-8,10-11,16,22H,9,21H2,1-2H3,(H,23,25)/t16-/m1/s1. The molecule has 25 heavy (non-hydrogen) atoms. The van der Waals surface area contributed by atoms with Gasteiger partial charge in [0.15, 0.2) is 0 Å². The molecule has 1 amide bonds. The minimum absolute atomic E-state index is 0.237. The Labute approximate surface area is 151 Å². The SMILES string of the molecule is CN(C)c1ccc(NC(=O)[C@H](N)Cc2c[nH]c3ccccc23)cc1Cl. The Morgan fingerprint density at radius 3 is 2.76 bits per heavy atom. The number of H-pyrrole nitrogens is 1. The fourth-order valence-electron chi connectivity index (χ4n) is 2.81. The molecular formula is C19H21ClN4O. The first-order chi connectivity index (χ1) is 12.0. The van der Waals surface area contributed by atoms with Crippen molar-refractivity contribution in [3.8, 4) is 0 Å². The van der Waals surface area contributed by atoms with Crippen LogP contribution < -0.4 is 16.0 Å². The molecule has 0 aliphatic heterocycles. The van der Waals surface area contributed by atoms with Crippen LogP contribution in [0.4, 0.5) is 11.4 Å². The maximum absolute atomic E-state index is 12.4. The molecule has 130 valence electrons. The number of fused-ring (bicyclic) bond motifs is 1. The molecule has 0 radical (unpaired) electrons. The van der Waals surface area contributed by atoms with Crippen LogP contribution in [0.15, 0.2) is 48.7 Å². The summed E-state index contributed by atoms with van der Waals surface area (Å²) in [6, 6.07) is 12.7. The maximum atomic E-state index is 12.4. The number of aromatic amines is 1. The lowest BCUT2D eigenvalue weighted by atomic mass is 10.0. The number of para-hydroxylation sites is 1. The highest BCUT2D eigenvalue weighted by molar-refractivity contribution is 6.33. The lowest BCUT2D eigenvalue weighted by molar-refractivity contribution is -0.117. The molecule has 0 unspecified atom stereocenters. The third-order valence-corrected chi connectivity index (χ3v) is 4.45. The Bertz CT molecular complexity index is 903.